The van der Waals surface area contributed by atoms with Crippen LogP contribution in [-0.4, -0.2) is 41.0 Å². The molecule has 0 radical (unpaired) electrons. The largest absolute Gasteiger partial charge is 0.380 e. The standard InChI is InChI=1S/C15H19ClN2O3/c1-18(14(20)15(21)7-2-3-8-15)10-13(19)17-12-6-4-5-11(16)9-12/h4-6,9,21H,2-3,7-8,10H2,1H3,(H,17,19). The Morgan fingerprint density at radius 1 is 1.38 bits per heavy atom. The van der Waals surface area contributed by atoms with E-state index in [1.54, 1.807) is 24.3 Å². The van der Waals surface area contributed by atoms with Crippen LogP contribution >= 0.6 is 11.6 Å². The van der Waals surface area contributed by atoms with Gasteiger partial charge in [-0.2, -0.15) is 0 Å². The van der Waals surface area contributed by atoms with Crippen LogP contribution in [0.5, 0.6) is 0 Å². The van der Waals surface area contributed by atoms with E-state index in [0.717, 1.165) is 12.8 Å². The second-order valence-corrected chi connectivity index (χ2v) is 5.89. The van der Waals surface area contributed by atoms with Gasteiger partial charge in [0.25, 0.3) is 5.91 Å². The van der Waals surface area contributed by atoms with Gasteiger partial charge >= 0.3 is 0 Å². The summed E-state index contributed by atoms with van der Waals surface area (Å²) in [5.41, 5.74) is -0.724. The molecule has 1 aliphatic rings. The molecule has 2 rings (SSSR count). The van der Waals surface area contributed by atoms with Crippen molar-refractivity contribution in [1.29, 1.82) is 0 Å². The molecule has 1 fully saturated rings. The van der Waals surface area contributed by atoms with Crippen molar-refractivity contribution in [3.8, 4) is 0 Å². The quantitative estimate of drug-likeness (QED) is 0.894. The predicted octanol–water partition coefficient (Wildman–Crippen LogP) is 2.04. The Morgan fingerprint density at radius 2 is 2.05 bits per heavy atom. The number of nitrogens with zero attached hydrogens (tertiary/aromatic N) is 1. The topological polar surface area (TPSA) is 69.6 Å². The highest BCUT2D eigenvalue weighted by Gasteiger charge is 2.40. The van der Waals surface area contributed by atoms with Gasteiger partial charge in [-0.1, -0.05) is 17.7 Å². The fourth-order valence-electron chi connectivity index (χ4n) is 2.58. The summed E-state index contributed by atoms with van der Waals surface area (Å²) in [6.07, 6.45) is 2.60. The molecular formula is C15H19ClN2O3. The number of halogens is 1. The number of hydrogen-bond acceptors (Lipinski definition) is 3. The first kappa shape index (κ1) is 15.8. The normalized spacial score (nSPS) is 16.5. The van der Waals surface area contributed by atoms with Gasteiger partial charge in [-0.3, -0.25) is 9.59 Å². The first-order chi connectivity index (χ1) is 9.90. The monoisotopic (exact) mass is 310 g/mol. The molecular weight excluding hydrogens is 292 g/mol. The molecule has 1 aliphatic carbocycles. The number of carbonyl (C=O) groups is 2. The molecule has 2 N–H and O–H groups in total. The number of rotatable bonds is 4. The molecule has 0 heterocycles. The molecule has 0 aliphatic heterocycles. The summed E-state index contributed by atoms with van der Waals surface area (Å²) < 4.78 is 0. The summed E-state index contributed by atoms with van der Waals surface area (Å²) >= 11 is 5.84. The summed E-state index contributed by atoms with van der Waals surface area (Å²) in [5, 5.41) is 13.4. The fourth-order valence-corrected chi connectivity index (χ4v) is 2.77. The lowest BCUT2D eigenvalue weighted by Gasteiger charge is -2.27. The van der Waals surface area contributed by atoms with Crippen LogP contribution in [-0.2, 0) is 9.59 Å². The molecule has 0 saturated heterocycles. The molecule has 5 nitrogen and oxygen atoms in total. The van der Waals surface area contributed by atoms with E-state index >= 15 is 0 Å². The molecule has 6 heteroatoms. The molecule has 0 aromatic heterocycles. The third-order valence-corrected chi connectivity index (χ3v) is 3.90. The highest BCUT2D eigenvalue weighted by Crippen LogP contribution is 2.30. The lowest BCUT2D eigenvalue weighted by atomic mass is 10.0. The molecule has 1 aromatic carbocycles. The number of nitrogens with one attached hydrogen (secondary N) is 1. The van der Waals surface area contributed by atoms with Crippen LogP contribution in [0.4, 0.5) is 5.69 Å². The molecule has 1 saturated carbocycles. The van der Waals surface area contributed by atoms with E-state index in [1.807, 2.05) is 0 Å². The minimum Gasteiger partial charge on any atom is -0.380 e. The van der Waals surface area contributed by atoms with Crippen molar-refractivity contribution in [2.24, 2.45) is 0 Å². The Kier molecular flexibility index (Phi) is 4.85. The van der Waals surface area contributed by atoms with Crippen LogP contribution in [0.25, 0.3) is 0 Å². The molecule has 2 amide bonds. The second-order valence-electron chi connectivity index (χ2n) is 5.46. The second kappa shape index (κ2) is 6.45. The van der Waals surface area contributed by atoms with Crippen LogP contribution < -0.4 is 5.32 Å². The smallest absolute Gasteiger partial charge is 0.254 e. The Hall–Kier alpha value is -1.59. The van der Waals surface area contributed by atoms with Crippen LogP contribution in [0, 0.1) is 0 Å². The van der Waals surface area contributed by atoms with Crippen LogP contribution in [0.15, 0.2) is 24.3 Å². The van der Waals surface area contributed by atoms with Crippen molar-refractivity contribution >= 4 is 29.1 Å². The maximum Gasteiger partial charge on any atom is 0.254 e. The number of hydrogen-bond donors (Lipinski definition) is 2. The van der Waals surface area contributed by atoms with E-state index in [1.165, 1.54) is 11.9 Å². The SMILES string of the molecule is CN(CC(=O)Nc1cccc(Cl)c1)C(=O)C1(O)CCCC1. The third-order valence-electron chi connectivity index (χ3n) is 3.66. The summed E-state index contributed by atoms with van der Waals surface area (Å²) in [4.78, 5) is 25.4. The van der Waals surface area contributed by atoms with Crippen molar-refractivity contribution in [1.82, 2.24) is 4.90 Å². The van der Waals surface area contributed by atoms with Crippen molar-refractivity contribution in [2.75, 3.05) is 18.9 Å². The molecule has 0 spiro atoms. The molecule has 21 heavy (non-hydrogen) atoms. The molecule has 114 valence electrons. The van der Waals surface area contributed by atoms with Gasteiger partial charge in [-0.15, -0.1) is 0 Å². The summed E-state index contributed by atoms with van der Waals surface area (Å²) in [5.74, 6) is -0.712. The van der Waals surface area contributed by atoms with Gasteiger partial charge in [0.1, 0.15) is 5.60 Å². The number of anilines is 1. The Balaban J connectivity index is 1.91. The van der Waals surface area contributed by atoms with Crippen molar-refractivity contribution in [3.63, 3.8) is 0 Å². The molecule has 0 bridgehead atoms. The van der Waals surface area contributed by atoms with E-state index in [0.29, 0.717) is 23.6 Å². The van der Waals surface area contributed by atoms with E-state index in [-0.39, 0.29) is 18.4 Å². The Morgan fingerprint density at radius 3 is 2.67 bits per heavy atom. The average Bonchev–Trinajstić information content (AvgIpc) is 2.85. The van der Waals surface area contributed by atoms with E-state index in [9.17, 15) is 14.7 Å². The lowest BCUT2D eigenvalue weighted by Crippen LogP contribution is -2.48. The van der Waals surface area contributed by atoms with Gasteiger partial charge in [0.05, 0.1) is 6.54 Å². The predicted molar refractivity (Wildman–Crippen MR) is 81.1 cm³/mol. The minimum absolute atomic E-state index is 0.104. The average molecular weight is 311 g/mol. The molecule has 1 aromatic rings. The van der Waals surface area contributed by atoms with Crippen molar-refractivity contribution in [3.05, 3.63) is 29.3 Å². The van der Waals surface area contributed by atoms with Crippen LogP contribution in [0.3, 0.4) is 0 Å². The van der Waals surface area contributed by atoms with Gasteiger partial charge in [0.15, 0.2) is 0 Å². The summed E-state index contributed by atoms with van der Waals surface area (Å²) in [7, 11) is 1.52. The minimum atomic E-state index is -1.30. The number of benzene rings is 1. The molecule has 0 unspecified atom stereocenters. The number of carbonyl (C=O) groups excluding carboxylic acids is 2. The zero-order valence-corrected chi connectivity index (χ0v) is 12.7. The van der Waals surface area contributed by atoms with Gasteiger partial charge in [-0.05, 0) is 43.9 Å². The zero-order chi connectivity index (χ0) is 15.5. The van der Waals surface area contributed by atoms with E-state index in [4.69, 9.17) is 11.6 Å². The van der Waals surface area contributed by atoms with Gasteiger partial charge in [0.2, 0.25) is 5.91 Å². The third kappa shape index (κ3) is 3.95. The highest BCUT2D eigenvalue weighted by atomic mass is 35.5. The van der Waals surface area contributed by atoms with Gasteiger partial charge in [0, 0.05) is 17.8 Å². The van der Waals surface area contributed by atoms with Crippen LogP contribution in [0.1, 0.15) is 25.7 Å². The fraction of sp³-hybridized carbons (Fsp3) is 0.467. The summed E-state index contributed by atoms with van der Waals surface area (Å²) in [6.45, 7) is -0.104. The van der Waals surface area contributed by atoms with E-state index in [2.05, 4.69) is 5.32 Å². The number of likely N-dealkylation sites (N-methyl/N-ethyl adjacent to an activating group) is 1. The number of amides is 2. The van der Waals surface area contributed by atoms with E-state index < -0.39 is 5.60 Å². The lowest BCUT2D eigenvalue weighted by molar-refractivity contribution is -0.150. The first-order valence-corrected chi connectivity index (χ1v) is 7.32. The van der Waals surface area contributed by atoms with Crippen LogP contribution in [0.2, 0.25) is 5.02 Å². The maximum atomic E-state index is 12.2. The van der Waals surface area contributed by atoms with Gasteiger partial charge < -0.3 is 15.3 Å². The first-order valence-electron chi connectivity index (χ1n) is 6.94. The van der Waals surface area contributed by atoms with Gasteiger partial charge in [-0.25, -0.2) is 0 Å². The zero-order valence-electron chi connectivity index (χ0n) is 11.9. The summed E-state index contributed by atoms with van der Waals surface area (Å²) in [6, 6.07) is 6.79. The number of aliphatic hydroxyl groups is 1. The van der Waals surface area contributed by atoms with Crippen molar-refractivity contribution < 1.29 is 14.7 Å². The molecule has 0 atom stereocenters. The van der Waals surface area contributed by atoms with Crippen molar-refractivity contribution in [2.45, 2.75) is 31.3 Å². The Bertz CT molecular complexity index is 541. The maximum absolute atomic E-state index is 12.2. The Labute approximate surface area is 128 Å². The highest BCUT2D eigenvalue weighted by molar-refractivity contribution is 6.30.